The van der Waals surface area contributed by atoms with Crippen molar-refractivity contribution in [1.82, 2.24) is 25.0 Å². The fourth-order valence-electron chi connectivity index (χ4n) is 2.96. The molecule has 0 radical (unpaired) electrons. The fourth-order valence-corrected chi connectivity index (χ4v) is 2.96. The highest BCUT2D eigenvalue weighted by atomic mass is 19.1. The van der Waals surface area contributed by atoms with Crippen LogP contribution < -0.4 is 11.1 Å². The van der Waals surface area contributed by atoms with Crippen LogP contribution in [0.25, 0.3) is 5.82 Å². The molecule has 0 saturated carbocycles. The third-order valence-electron chi connectivity index (χ3n) is 4.78. The number of nitrogens with zero attached hydrogens (tertiary/aromatic N) is 4. The zero-order valence-corrected chi connectivity index (χ0v) is 14.8. The Morgan fingerprint density at radius 3 is 2.56 bits per heavy atom. The van der Waals surface area contributed by atoms with Crippen LogP contribution in [0.4, 0.5) is 9.18 Å². The summed E-state index contributed by atoms with van der Waals surface area (Å²) < 4.78 is 14.4. The van der Waals surface area contributed by atoms with E-state index in [0.717, 1.165) is 11.8 Å². The van der Waals surface area contributed by atoms with Gasteiger partial charge < -0.3 is 21.1 Å². The first-order valence-corrected chi connectivity index (χ1v) is 8.53. The number of carbonyl (C=O) groups is 2. The maximum atomic E-state index is 13.0. The average molecular weight is 376 g/mol. The van der Waals surface area contributed by atoms with Crippen molar-refractivity contribution in [1.29, 1.82) is 0 Å². The third-order valence-corrected chi connectivity index (χ3v) is 4.78. The quantitative estimate of drug-likeness (QED) is 0.732. The third kappa shape index (κ3) is 4.05. The molecular weight excluding hydrogens is 355 g/mol. The lowest BCUT2D eigenvalue weighted by molar-refractivity contribution is -0.128. The highest BCUT2D eigenvalue weighted by Gasteiger charge is 2.39. The predicted octanol–water partition coefficient (Wildman–Crippen LogP) is 1.05. The number of pyridine rings is 1. The zero-order chi connectivity index (χ0) is 19.6. The van der Waals surface area contributed by atoms with Crippen molar-refractivity contribution in [3.8, 4) is 5.82 Å². The van der Waals surface area contributed by atoms with E-state index in [1.54, 1.807) is 25.3 Å². The van der Waals surface area contributed by atoms with Gasteiger partial charge in [-0.25, -0.2) is 18.9 Å². The Labute approximate surface area is 155 Å². The molecule has 0 aliphatic carbocycles. The molecule has 0 aromatic carbocycles. The number of rotatable bonds is 4. The molecule has 0 spiro atoms. The minimum Gasteiger partial charge on any atom is -0.465 e. The first kappa shape index (κ1) is 18.8. The maximum Gasteiger partial charge on any atom is 0.407 e. The predicted molar refractivity (Wildman–Crippen MR) is 93.6 cm³/mol. The second-order valence-electron chi connectivity index (χ2n) is 6.67. The smallest absolute Gasteiger partial charge is 0.407 e. The van der Waals surface area contributed by atoms with Crippen molar-refractivity contribution >= 4 is 12.0 Å². The molecule has 4 N–H and O–H groups in total. The molecule has 2 amide bonds. The maximum absolute atomic E-state index is 13.0. The van der Waals surface area contributed by atoms with Crippen molar-refractivity contribution in [2.45, 2.75) is 31.3 Å². The molecule has 144 valence electrons. The molecule has 2 aromatic rings. The van der Waals surface area contributed by atoms with E-state index in [0.29, 0.717) is 5.82 Å². The molecule has 1 fully saturated rings. The van der Waals surface area contributed by atoms with Crippen molar-refractivity contribution in [3.05, 3.63) is 42.1 Å². The summed E-state index contributed by atoms with van der Waals surface area (Å²) in [4.78, 5) is 29.1. The van der Waals surface area contributed by atoms with Crippen LogP contribution in [0, 0.1) is 5.82 Å². The molecule has 0 bridgehead atoms. The van der Waals surface area contributed by atoms with E-state index in [1.165, 1.54) is 15.8 Å². The van der Waals surface area contributed by atoms with Crippen LogP contribution in [0.3, 0.4) is 0 Å². The Morgan fingerprint density at radius 1 is 1.33 bits per heavy atom. The standard InChI is InChI=1S/C17H21FN6O3/c1-11(12-2-3-14(20-8-12)24-10-13(18)9-21-24)22-15(25)17(19)4-6-23(7-5-17)16(26)27/h2-3,8-11H,4-7,19H2,1H3,(H,22,25)(H,26,27)/t11-/m0/s1. The largest absolute Gasteiger partial charge is 0.465 e. The van der Waals surface area contributed by atoms with Gasteiger partial charge in [0.25, 0.3) is 0 Å². The van der Waals surface area contributed by atoms with E-state index in [2.05, 4.69) is 15.4 Å². The zero-order valence-electron chi connectivity index (χ0n) is 14.8. The van der Waals surface area contributed by atoms with E-state index in [-0.39, 0.29) is 37.9 Å². The summed E-state index contributed by atoms with van der Waals surface area (Å²) in [7, 11) is 0. The van der Waals surface area contributed by atoms with Crippen LogP contribution in [0.2, 0.25) is 0 Å². The Morgan fingerprint density at radius 2 is 2.04 bits per heavy atom. The molecule has 1 atom stereocenters. The monoisotopic (exact) mass is 376 g/mol. The van der Waals surface area contributed by atoms with Gasteiger partial charge >= 0.3 is 6.09 Å². The molecule has 1 aliphatic rings. The minimum atomic E-state index is -1.10. The summed E-state index contributed by atoms with van der Waals surface area (Å²) >= 11 is 0. The summed E-state index contributed by atoms with van der Waals surface area (Å²) in [5.74, 6) is -0.320. The number of hydrogen-bond donors (Lipinski definition) is 3. The Kier molecular flexibility index (Phi) is 5.08. The number of halogens is 1. The highest BCUT2D eigenvalue weighted by Crippen LogP contribution is 2.22. The normalized spacial score (nSPS) is 17.4. The lowest BCUT2D eigenvalue weighted by atomic mass is 9.87. The van der Waals surface area contributed by atoms with Gasteiger partial charge in [0.05, 0.1) is 24.0 Å². The first-order chi connectivity index (χ1) is 12.8. The molecule has 0 unspecified atom stereocenters. The van der Waals surface area contributed by atoms with Crippen LogP contribution >= 0.6 is 0 Å². The number of amides is 2. The lowest BCUT2D eigenvalue weighted by Gasteiger charge is -2.37. The summed E-state index contributed by atoms with van der Waals surface area (Å²) in [5.41, 5.74) is 5.86. The number of hydrogen-bond acceptors (Lipinski definition) is 5. The Bertz CT molecular complexity index is 829. The second kappa shape index (κ2) is 7.31. The van der Waals surface area contributed by atoms with E-state index in [4.69, 9.17) is 10.8 Å². The van der Waals surface area contributed by atoms with Crippen molar-refractivity contribution < 1.29 is 19.1 Å². The summed E-state index contributed by atoms with van der Waals surface area (Å²) in [6, 6.07) is 3.10. The van der Waals surface area contributed by atoms with Gasteiger partial charge in [0.2, 0.25) is 5.91 Å². The van der Waals surface area contributed by atoms with Crippen molar-refractivity contribution in [2.75, 3.05) is 13.1 Å². The van der Waals surface area contributed by atoms with Crippen LogP contribution in [0.1, 0.15) is 31.4 Å². The number of likely N-dealkylation sites (tertiary alicyclic amines) is 1. The molecular formula is C17H21FN6O3. The minimum absolute atomic E-state index is 0.227. The Balaban J connectivity index is 1.62. The molecule has 3 rings (SSSR count). The number of aromatic nitrogens is 3. The van der Waals surface area contributed by atoms with Crippen LogP contribution in [0.15, 0.2) is 30.7 Å². The van der Waals surface area contributed by atoms with E-state index in [9.17, 15) is 14.0 Å². The van der Waals surface area contributed by atoms with Gasteiger partial charge in [0.1, 0.15) is 0 Å². The number of piperidine rings is 1. The number of nitrogens with two attached hydrogens (primary N) is 1. The van der Waals surface area contributed by atoms with E-state index in [1.807, 2.05) is 0 Å². The van der Waals surface area contributed by atoms with Crippen LogP contribution in [0.5, 0.6) is 0 Å². The number of carbonyl (C=O) groups excluding carboxylic acids is 1. The lowest BCUT2D eigenvalue weighted by Crippen LogP contribution is -2.60. The fraction of sp³-hybridized carbons (Fsp3) is 0.412. The van der Waals surface area contributed by atoms with Crippen molar-refractivity contribution in [2.24, 2.45) is 5.73 Å². The summed E-state index contributed by atoms with van der Waals surface area (Å²) in [5, 5.41) is 15.7. The second-order valence-corrected chi connectivity index (χ2v) is 6.67. The molecule has 10 heteroatoms. The summed E-state index contributed by atoms with van der Waals surface area (Å²) in [6.45, 7) is 2.26. The van der Waals surface area contributed by atoms with Gasteiger partial charge in [0.15, 0.2) is 11.6 Å². The van der Waals surface area contributed by atoms with Gasteiger partial charge in [0, 0.05) is 19.3 Å². The number of carboxylic acid groups (broad SMARTS) is 1. The van der Waals surface area contributed by atoms with Gasteiger partial charge in [-0.1, -0.05) is 6.07 Å². The number of nitrogens with one attached hydrogen (secondary N) is 1. The van der Waals surface area contributed by atoms with Gasteiger partial charge in [-0.3, -0.25) is 4.79 Å². The molecule has 1 aliphatic heterocycles. The van der Waals surface area contributed by atoms with Crippen LogP contribution in [-0.4, -0.2) is 55.4 Å². The SMILES string of the molecule is C[C@H](NC(=O)C1(N)CCN(C(=O)O)CC1)c1ccc(-n2cc(F)cn2)nc1. The average Bonchev–Trinajstić information content (AvgIpc) is 3.08. The van der Waals surface area contributed by atoms with Gasteiger partial charge in [-0.15, -0.1) is 0 Å². The van der Waals surface area contributed by atoms with E-state index >= 15 is 0 Å². The molecule has 2 aromatic heterocycles. The van der Waals surface area contributed by atoms with E-state index < -0.39 is 17.4 Å². The van der Waals surface area contributed by atoms with Crippen molar-refractivity contribution in [3.63, 3.8) is 0 Å². The highest BCUT2D eigenvalue weighted by molar-refractivity contribution is 5.86. The molecule has 3 heterocycles. The molecule has 27 heavy (non-hydrogen) atoms. The van der Waals surface area contributed by atoms with Gasteiger partial charge in [-0.2, -0.15) is 5.10 Å². The topological polar surface area (TPSA) is 126 Å². The van der Waals surface area contributed by atoms with Gasteiger partial charge in [-0.05, 0) is 31.4 Å². The van der Waals surface area contributed by atoms with Crippen LogP contribution in [-0.2, 0) is 4.79 Å². The summed E-state index contributed by atoms with van der Waals surface area (Å²) in [6.07, 6.45) is 3.41. The molecule has 1 saturated heterocycles. The molecule has 9 nitrogen and oxygen atoms in total. The first-order valence-electron chi connectivity index (χ1n) is 8.53. The Hall–Kier alpha value is -3.01.